The molecule has 0 saturated carbocycles. The Kier molecular flexibility index (Phi) is 4.13. The van der Waals surface area contributed by atoms with Crippen LogP contribution in [0.1, 0.15) is 25.1 Å². The molecule has 0 aliphatic rings. The smallest absolute Gasteiger partial charge is 0.161 e. The molecular weight excluding hydrogens is 240 g/mol. The standard InChI is InChI=1S/C15H16N2O2/c1-3-19-15-9-12(4-5-14(15)18)8-11(2)13-10-16-6-7-17-13/h4-10,18H,3H2,1-2H3. The first-order valence-electron chi connectivity index (χ1n) is 6.11. The van der Waals surface area contributed by atoms with Crippen molar-refractivity contribution in [3.63, 3.8) is 0 Å². The van der Waals surface area contributed by atoms with E-state index < -0.39 is 0 Å². The highest BCUT2D eigenvalue weighted by molar-refractivity contribution is 5.78. The molecule has 2 aromatic rings. The van der Waals surface area contributed by atoms with E-state index in [1.807, 2.05) is 26.0 Å². The maximum Gasteiger partial charge on any atom is 0.161 e. The number of nitrogens with zero attached hydrogens (tertiary/aromatic N) is 2. The van der Waals surface area contributed by atoms with Crippen molar-refractivity contribution >= 4 is 11.6 Å². The lowest BCUT2D eigenvalue weighted by molar-refractivity contribution is 0.318. The summed E-state index contributed by atoms with van der Waals surface area (Å²) in [5.41, 5.74) is 2.78. The van der Waals surface area contributed by atoms with Gasteiger partial charge in [0.15, 0.2) is 11.5 Å². The van der Waals surface area contributed by atoms with Gasteiger partial charge >= 0.3 is 0 Å². The van der Waals surface area contributed by atoms with Gasteiger partial charge in [0.2, 0.25) is 0 Å². The van der Waals surface area contributed by atoms with E-state index in [-0.39, 0.29) is 5.75 Å². The fraction of sp³-hybridized carbons (Fsp3) is 0.200. The van der Waals surface area contributed by atoms with Gasteiger partial charge in [0.05, 0.1) is 18.5 Å². The highest BCUT2D eigenvalue weighted by Gasteiger charge is 2.03. The van der Waals surface area contributed by atoms with Gasteiger partial charge in [-0.05, 0) is 43.2 Å². The molecule has 0 aliphatic heterocycles. The van der Waals surface area contributed by atoms with E-state index >= 15 is 0 Å². The van der Waals surface area contributed by atoms with Crippen molar-refractivity contribution < 1.29 is 9.84 Å². The summed E-state index contributed by atoms with van der Waals surface area (Å²) in [6.07, 6.45) is 7.00. The monoisotopic (exact) mass is 256 g/mol. The maximum absolute atomic E-state index is 9.65. The summed E-state index contributed by atoms with van der Waals surface area (Å²) in [6.45, 7) is 4.37. The Balaban J connectivity index is 2.30. The minimum Gasteiger partial charge on any atom is -0.504 e. The number of aromatic nitrogens is 2. The van der Waals surface area contributed by atoms with Crippen LogP contribution >= 0.6 is 0 Å². The largest absolute Gasteiger partial charge is 0.504 e. The molecule has 4 nitrogen and oxygen atoms in total. The van der Waals surface area contributed by atoms with Gasteiger partial charge in [0.25, 0.3) is 0 Å². The molecule has 4 heteroatoms. The Labute approximate surface area is 112 Å². The van der Waals surface area contributed by atoms with Crippen molar-refractivity contribution in [3.05, 3.63) is 48.0 Å². The van der Waals surface area contributed by atoms with Gasteiger partial charge in [0.1, 0.15) is 0 Å². The molecule has 0 atom stereocenters. The average molecular weight is 256 g/mol. The number of phenolic OH excluding ortho intramolecular Hbond substituents is 1. The van der Waals surface area contributed by atoms with Crippen LogP contribution in [0.15, 0.2) is 36.8 Å². The zero-order valence-electron chi connectivity index (χ0n) is 11.0. The molecule has 1 aromatic carbocycles. The lowest BCUT2D eigenvalue weighted by Gasteiger charge is -2.07. The van der Waals surface area contributed by atoms with E-state index in [0.29, 0.717) is 12.4 Å². The van der Waals surface area contributed by atoms with Gasteiger partial charge in [-0.25, -0.2) is 0 Å². The third-order valence-electron chi connectivity index (χ3n) is 2.63. The molecular formula is C15H16N2O2. The number of aromatic hydroxyl groups is 1. The number of hydrogen-bond donors (Lipinski definition) is 1. The number of ether oxygens (including phenoxy) is 1. The van der Waals surface area contributed by atoms with Crippen molar-refractivity contribution in [2.24, 2.45) is 0 Å². The van der Waals surface area contributed by atoms with Crippen LogP contribution in [0, 0.1) is 0 Å². The predicted molar refractivity (Wildman–Crippen MR) is 74.9 cm³/mol. The summed E-state index contributed by atoms with van der Waals surface area (Å²) in [5, 5.41) is 9.65. The molecule has 19 heavy (non-hydrogen) atoms. The molecule has 0 amide bonds. The molecule has 0 saturated heterocycles. The number of benzene rings is 1. The predicted octanol–water partition coefficient (Wildman–Crippen LogP) is 3.14. The first kappa shape index (κ1) is 13.1. The van der Waals surface area contributed by atoms with Crippen LogP contribution in [-0.4, -0.2) is 21.7 Å². The lowest BCUT2D eigenvalue weighted by atomic mass is 10.1. The zero-order valence-corrected chi connectivity index (χ0v) is 11.0. The first-order chi connectivity index (χ1) is 9.20. The second kappa shape index (κ2) is 6.00. The van der Waals surface area contributed by atoms with Crippen LogP contribution in [0.5, 0.6) is 11.5 Å². The summed E-state index contributed by atoms with van der Waals surface area (Å²) < 4.78 is 5.36. The van der Waals surface area contributed by atoms with E-state index in [4.69, 9.17) is 4.74 Å². The molecule has 1 aromatic heterocycles. The Morgan fingerprint density at radius 3 is 2.89 bits per heavy atom. The number of phenols is 1. The van der Waals surface area contributed by atoms with Crippen LogP contribution in [-0.2, 0) is 0 Å². The van der Waals surface area contributed by atoms with Crippen LogP contribution in [0.3, 0.4) is 0 Å². The van der Waals surface area contributed by atoms with Crippen LogP contribution < -0.4 is 4.74 Å². The van der Waals surface area contributed by atoms with Gasteiger partial charge in [-0.15, -0.1) is 0 Å². The summed E-state index contributed by atoms with van der Waals surface area (Å²) in [5.74, 6) is 0.638. The molecule has 1 heterocycles. The van der Waals surface area contributed by atoms with Crippen molar-refractivity contribution in [2.45, 2.75) is 13.8 Å². The first-order valence-corrected chi connectivity index (χ1v) is 6.11. The lowest BCUT2D eigenvalue weighted by Crippen LogP contribution is -1.92. The van der Waals surface area contributed by atoms with E-state index in [2.05, 4.69) is 9.97 Å². The minimum atomic E-state index is 0.149. The highest BCUT2D eigenvalue weighted by Crippen LogP contribution is 2.28. The molecule has 2 rings (SSSR count). The van der Waals surface area contributed by atoms with Crippen molar-refractivity contribution in [2.75, 3.05) is 6.61 Å². The molecule has 0 spiro atoms. The number of allylic oxidation sites excluding steroid dienone is 1. The molecule has 0 fully saturated rings. The Morgan fingerprint density at radius 1 is 1.37 bits per heavy atom. The van der Waals surface area contributed by atoms with E-state index in [0.717, 1.165) is 16.8 Å². The summed E-state index contributed by atoms with van der Waals surface area (Å²) in [7, 11) is 0. The molecule has 0 bridgehead atoms. The highest BCUT2D eigenvalue weighted by atomic mass is 16.5. The van der Waals surface area contributed by atoms with Gasteiger partial charge < -0.3 is 9.84 Å². The van der Waals surface area contributed by atoms with Gasteiger partial charge in [-0.3, -0.25) is 9.97 Å². The second-order valence-electron chi connectivity index (χ2n) is 4.08. The number of rotatable bonds is 4. The third kappa shape index (κ3) is 3.31. The second-order valence-corrected chi connectivity index (χ2v) is 4.08. The average Bonchev–Trinajstić information content (AvgIpc) is 2.44. The minimum absolute atomic E-state index is 0.149. The van der Waals surface area contributed by atoms with Crippen molar-refractivity contribution in [1.82, 2.24) is 9.97 Å². The summed E-state index contributed by atoms with van der Waals surface area (Å²) in [6, 6.07) is 5.26. The van der Waals surface area contributed by atoms with Crippen molar-refractivity contribution in [3.8, 4) is 11.5 Å². The van der Waals surface area contributed by atoms with Gasteiger partial charge in [-0.2, -0.15) is 0 Å². The van der Waals surface area contributed by atoms with Crippen molar-refractivity contribution in [1.29, 1.82) is 0 Å². The molecule has 0 radical (unpaired) electrons. The summed E-state index contributed by atoms with van der Waals surface area (Å²) >= 11 is 0. The van der Waals surface area contributed by atoms with Crippen LogP contribution in [0.2, 0.25) is 0 Å². The SMILES string of the molecule is CCOc1cc(C=C(C)c2cnccn2)ccc1O. The Bertz CT molecular complexity index is 580. The van der Waals surface area contributed by atoms with E-state index in [9.17, 15) is 5.11 Å². The van der Waals surface area contributed by atoms with Crippen LogP contribution in [0.25, 0.3) is 11.6 Å². The third-order valence-corrected chi connectivity index (χ3v) is 2.63. The molecule has 0 unspecified atom stereocenters. The Morgan fingerprint density at radius 2 is 2.21 bits per heavy atom. The molecule has 98 valence electrons. The van der Waals surface area contributed by atoms with Gasteiger partial charge in [0, 0.05) is 12.4 Å². The molecule has 1 N–H and O–H groups in total. The normalized spacial score (nSPS) is 11.4. The fourth-order valence-corrected chi connectivity index (χ4v) is 1.72. The quantitative estimate of drug-likeness (QED) is 0.913. The van der Waals surface area contributed by atoms with E-state index in [1.165, 1.54) is 0 Å². The Hall–Kier alpha value is -2.36. The van der Waals surface area contributed by atoms with Gasteiger partial charge in [-0.1, -0.05) is 6.07 Å². The van der Waals surface area contributed by atoms with E-state index in [1.54, 1.807) is 30.7 Å². The molecule has 0 aliphatic carbocycles. The van der Waals surface area contributed by atoms with Crippen LogP contribution in [0.4, 0.5) is 0 Å². The maximum atomic E-state index is 9.65. The topological polar surface area (TPSA) is 55.2 Å². The fourth-order valence-electron chi connectivity index (χ4n) is 1.72. The zero-order chi connectivity index (χ0) is 13.7. The number of hydrogen-bond acceptors (Lipinski definition) is 4. The summed E-state index contributed by atoms with van der Waals surface area (Å²) in [4.78, 5) is 8.28.